The maximum atomic E-state index is 12.1. The molecule has 3 unspecified atom stereocenters. The molecule has 1 fully saturated rings. The number of nitro benzene ring substituents is 1. The van der Waals surface area contributed by atoms with Crippen molar-refractivity contribution >= 4 is 35.0 Å². The molecule has 24 heteroatoms. The lowest BCUT2D eigenvalue weighted by molar-refractivity contribution is -0.386. The van der Waals surface area contributed by atoms with Crippen molar-refractivity contribution in [2.75, 3.05) is 19.8 Å². The molecule has 2 heterocycles. The van der Waals surface area contributed by atoms with Gasteiger partial charge in [-0.25, -0.2) is 18.7 Å². The van der Waals surface area contributed by atoms with Crippen LogP contribution in [-0.2, 0) is 36.3 Å². The van der Waals surface area contributed by atoms with Gasteiger partial charge in [0, 0.05) is 29.8 Å². The van der Waals surface area contributed by atoms with E-state index in [1.807, 2.05) is 20.8 Å². The van der Waals surface area contributed by atoms with Gasteiger partial charge >= 0.3 is 23.5 Å². The standard InChI is InChI=1S/C24H37N6O15P3/c1-24(2,3)21(16-7-6-14(5-4-8-25)9-17(16)30(32)33)41-12-15-11-29(23(27)28-22(15)26)20-10-18(31)19(43-20)13-42-47(37,38)45-48(39,40)44-46(34,35)36/h6-7,9,11,18-21,23,31H,8,10,12-13,25,27H2,1-3H3,(H2,26,28)(H,37,38)(H,39,40)(H2,34,35,36)/t18-,19-,20-,21+,23?/m1/s1. The minimum atomic E-state index is -5.74. The first-order valence-electron chi connectivity index (χ1n) is 13.8. The first-order chi connectivity index (χ1) is 22.0. The van der Waals surface area contributed by atoms with Crippen LogP contribution in [0.2, 0.25) is 0 Å². The number of phosphoric ester groups is 1. The Balaban J connectivity index is 1.75. The van der Waals surface area contributed by atoms with Crippen LogP contribution in [0.3, 0.4) is 0 Å². The Morgan fingerprint density at radius 1 is 1.19 bits per heavy atom. The molecule has 0 radical (unpaired) electrons. The zero-order valence-electron chi connectivity index (χ0n) is 25.8. The van der Waals surface area contributed by atoms with E-state index in [0.29, 0.717) is 11.1 Å². The topological polar surface area (TPSA) is 335 Å². The Kier molecular flexibility index (Phi) is 12.9. The molecule has 0 spiro atoms. The van der Waals surface area contributed by atoms with Gasteiger partial charge in [0.1, 0.15) is 18.2 Å². The molecule has 268 valence electrons. The van der Waals surface area contributed by atoms with Gasteiger partial charge in [0.15, 0.2) is 6.29 Å². The maximum Gasteiger partial charge on any atom is 0.490 e. The van der Waals surface area contributed by atoms with Gasteiger partial charge < -0.3 is 50.5 Å². The van der Waals surface area contributed by atoms with Gasteiger partial charge in [0.05, 0.1) is 42.5 Å². The van der Waals surface area contributed by atoms with Gasteiger partial charge in [0.2, 0.25) is 0 Å². The molecular weight excluding hydrogens is 705 g/mol. The van der Waals surface area contributed by atoms with E-state index >= 15 is 0 Å². The molecule has 7 atom stereocenters. The van der Waals surface area contributed by atoms with Crippen molar-refractivity contribution in [1.82, 2.24) is 4.90 Å². The Hall–Kier alpha value is -2.60. The van der Waals surface area contributed by atoms with E-state index in [1.165, 1.54) is 17.2 Å². The minimum Gasteiger partial charge on any atom is -0.390 e. The Morgan fingerprint density at radius 2 is 1.85 bits per heavy atom. The average molecular weight is 743 g/mol. The number of aliphatic imine (C=N–C) groups is 1. The number of rotatable bonds is 13. The second-order valence-electron chi connectivity index (χ2n) is 11.4. The highest BCUT2D eigenvalue weighted by Gasteiger charge is 2.44. The quantitative estimate of drug-likeness (QED) is 0.0594. The summed E-state index contributed by atoms with van der Waals surface area (Å²) in [7, 11) is -16.8. The van der Waals surface area contributed by atoms with Gasteiger partial charge in [-0.1, -0.05) is 32.6 Å². The van der Waals surface area contributed by atoms with Crippen LogP contribution in [-0.4, -0.2) is 84.8 Å². The summed E-state index contributed by atoms with van der Waals surface area (Å²) in [5.41, 5.74) is 17.8. The fourth-order valence-corrected chi connectivity index (χ4v) is 7.66. The summed E-state index contributed by atoms with van der Waals surface area (Å²) in [6.45, 7) is 4.48. The highest BCUT2D eigenvalue weighted by molar-refractivity contribution is 7.66. The summed E-state index contributed by atoms with van der Waals surface area (Å²) in [4.78, 5) is 53.3. The van der Waals surface area contributed by atoms with Crippen LogP contribution in [0, 0.1) is 27.4 Å². The molecular formula is C24H37N6O15P3. The molecule has 2 aliphatic rings. The van der Waals surface area contributed by atoms with Crippen LogP contribution in [0.25, 0.3) is 0 Å². The fourth-order valence-electron chi connectivity index (χ4n) is 4.63. The van der Waals surface area contributed by atoms with E-state index in [0.717, 1.165) is 0 Å². The predicted molar refractivity (Wildman–Crippen MR) is 166 cm³/mol. The maximum absolute atomic E-state index is 12.1. The van der Waals surface area contributed by atoms with Gasteiger partial charge in [-0.05, 0) is 17.5 Å². The molecule has 0 aromatic heterocycles. The lowest BCUT2D eigenvalue weighted by atomic mass is 9.83. The fraction of sp³-hybridized carbons (Fsp3) is 0.542. The van der Waals surface area contributed by atoms with Crippen LogP contribution in [0.1, 0.15) is 44.4 Å². The largest absolute Gasteiger partial charge is 0.490 e. The second kappa shape index (κ2) is 15.5. The molecule has 0 aliphatic carbocycles. The van der Waals surface area contributed by atoms with Crippen molar-refractivity contribution in [2.24, 2.45) is 27.6 Å². The molecule has 21 nitrogen and oxygen atoms in total. The van der Waals surface area contributed by atoms with E-state index in [1.54, 1.807) is 12.1 Å². The molecule has 2 aliphatic heterocycles. The number of hydrogen-bond donors (Lipinski definition) is 8. The van der Waals surface area contributed by atoms with Crippen molar-refractivity contribution < 1.29 is 65.9 Å². The number of nitro groups is 1. The molecule has 0 amide bonds. The highest BCUT2D eigenvalue weighted by atomic mass is 31.3. The first-order valence-corrected chi connectivity index (χ1v) is 18.3. The molecule has 1 aromatic carbocycles. The zero-order chi connectivity index (χ0) is 36.2. The molecule has 1 saturated heterocycles. The summed E-state index contributed by atoms with van der Waals surface area (Å²) < 4.78 is 58.3. The van der Waals surface area contributed by atoms with E-state index < -0.39 is 71.2 Å². The minimum absolute atomic E-state index is 0.00364. The van der Waals surface area contributed by atoms with E-state index in [-0.39, 0.29) is 36.7 Å². The van der Waals surface area contributed by atoms with Crippen molar-refractivity contribution in [3.8, 4) is 11.8 Å². The van der Waals surface area contributed by atoms with Crippen molar-refractivity contribution in [3.63, 3.8) is 0 Å². The molecule has 48 heavy (non-hydrogen) atoms. The molecule has 1 aromatic rings. The lowest BCUT2D eigenvalue weighted by Crippen LogP contribution is -2.48. The number of aliphatic hydroxyl groups is 1. The van der Waals surface area contributed by atoms with Gasteiger partial charge in [-0.2, -0.15) is 8.62 Å². The van der Waals surface area contributed by atoms with Crippen LogP contribution in [0.5, 0.6) is 0 Å². The zero-order valence-corrected chi connectivity index (χ0v) is 28.4. The number of nitrogens with two attached hydrogens (primary N) is 3. The predicted octanol–water partition coefficient (Wildman–Crippen LogP) is 0.627. The molecule has 3 rings (SSSR count). The summed E-state index contributed by atoms with van der Waals surface area (Å²) >= 11 is 0. The van der Waals surface area contributed by atoms with Crippen LogP contribution >= 0.6 is 23.5 Å². The third-order valence-corrected chi connectivity index (χ3v) is 10.4. The summed E-state index contributed by atoms with van der Waals surface area (Å²) in [5.74, 6) is 5.41. The Labute approximate surface area is 274 Å². The van der Waals surface area contributed by atoms with Crippen molar-refractivity contribution in [1.29, 1.82) is 0 Å². The highest BCUT2D eigenvalue weighted by Crippen LogP contribution is 2.66. The number of nitrogens with zero attached hydrogens (tertiary/aromatic N) is 3. The number of amidine groups is 1. The van der Waals surface area contributed by atoms with Crippen molar-refractivity contribution in [2.45, 2.75) is 58.0 Å². The van der Waals surface area contributed by atoms with Crippen molar-refractivity contribution in [3.05, 3.63) is 51.2 Å². The molecule has 11 N–H and O–H groups in total. The third kappa shape index (κ3) is 11.2. The molecule has 0 bridgehead atoms. The number of ether oxygens (including phenoxy) is 2. The van der Waals surface area contributed by atoms with E-state index in [9.17, 15) is 38.7 Å². The second-order valence-corrected chi connectivity index (χ2v) is 15.9. The summed E-state index contributed by atoms with van der Waals surface area (Å²) in [6.07, 6.45) is -4.32. The molecule has 0 saturated carbocycles. The van der Waals surface area contributed by atoms with Crippen LogP contribution in [0.4, 0.5) is 5.69 Å². The number of aliphatic hydroxyl groups excluding tert-OH is 1. The average Bonchev–Trinajstić information content (AvgIpc) is 3.29. The lowest BCUT2D eigenvalue weighted by Gasteiger charge is -2.35. The van der Waals surface area contributed by atoms with Crippen LogP contribution < -0.4 is 17.2 Å². The SMILES string of the molecule is CC(C)(C)[C@@H](OCC1=CN([C@H]2C[C@@H](O)[C@@H](COP(=O)(O)OP(=O)(O)OP(=O)(O)O)O2)C(N)N=C1N)c1ccc(C#CCN)cc1[N+](=O)[O-]. The number of hydrogen-bond acceptors (Lipinski definition) is 16. The third-order valence-electron chi connectivity index (χ3n) is 6.60. The first kappa shape index (κ1) is 39.8. The Morgan fingerprint density at radius 3 is 2.44 bits per heavy atom. The van der Waals surface area contributed by atoms with Gasteiger partial charge in [-0.15, -0.1) is 0 Å². The van der Waals surface area contributed by atoms with Gasteiger partial charge in [-0.3, -0.25) is 20.4 Å². The summed E-state index contributed by atoms with van der Waals surface area (Å²) in [5, 5.41) is 22.5. The van der Waals surface area contributed by atoms with E-state index in [4.69, 9.17) is 36.5 Å². The smallest absolute Gasteiger partial charge is 0.390 e. The summed E-state index contributed by atoms with van der Waals surface area (Å²) in [6, 6.07) is 4.51. The normalized spacial score (nSPS) is 24.8. The number of benzene rings is 1. The number of phosphoric acid groups is 3. The van der Waals surface area contributed by atoms with Gasteiger partial charge in [0.25, 0.3) is 5.69 Å². The monoisotopic (exact) mass is 742 g/mol. The Bertz CT molecular complexity index is 1630. The van der Waals surface area contributed by atoms with E-state index in [2.05, 4.69) is 30.0 Å². The van der Waals surface area contributed by atoms with Crippen LogP contribution in [0.15, 0.2) is 35.0 Å².